The maximum Gasteiger partial charge on any atom is 0.286 e. The van der Waals surface area contributed by atoms with E-state index >= 15 is 0 Å². The number of rotatable bonds is 13. The van der Waals surface area contributed by atoms with Crippen LogP contribution in [0.5, 0.6) is 0 Å². The van der Waals surface area contributed by atoms with Crippen LogP contribution >= 0.6 is 15.9 Å². The number of nitrogens with zero attached hydrogens (tertiary/aromatic N) is 6. The molecule has 0 spiro atoms. The molecular formula is C44H37BrN8O8S2. The lowest BCUT2D eigenvalue weighted by Gasteiger charge is -2.19. The standard InChI is InChI=1S/C24H21N5O4S.C20H16BrN3O4S/c1-29-15-18(14-26-29)17-7-9-20-22(13-17)34(31,32)28-23(27-20)21(30)10-8-19(24-25-11-12-33-24)16-5-3-2-4-6-16;21-14-6-8-16-18(12-14)29(26,27)24-19(23-16)17(25)9-7-15(20-22-10-11-28-20)13-4-2-1-3-5-13/h2-7,9,11-15,19H,8,10H2,1H3,(H,27,28);1-6,8,10-12,15H,7,9H2,(H,23,24). The number of aromatic nitrogens is 4. The van der Waals surface area contributed by atoms with E-state index in [0.717, 1.165) is 16.7 Å². The third-order valence-electron chi connectivity index (χ3n) is 10.2. The first-order valence-electron chi connectivity index (χ1n) is 19.5. The van der Waals surface area contributed by atoms with Gasteiger partial charge in [-0.1, -0.05) is 82.7 Å². The Balaban J connectivity index is 0.000000175. The number of anilines is 2. The number of nitrogens with one attached hydrogen (secondary N) is 2. The second-order valence-electron chi connectivity index (χ2n) is 14.4. The van der Waals surface area contributed by atoms with Crippen LogP contribution in [0.1, 0.15) is 60.4 Å². The smallest absolute Gasteiger partial charge is 0.286 e. The molecule has 2 unspecified atom stereocenters. The summed E-state index contributed by atoms with van der Waals surface area (Å²) in [4.78, 5) is 34.2. The molecule has 2 N–H and O–H groups in total. The molecule has 3 aromatic heterocycles. The van der Waals surface area contributed by atoms with Crippen LogP contribution in [-0.2, 0) is 36.7 Å². The number of carbonyl (C=O) groups is 2. The molecule has 0 fully saturated rings. The van der Waals surface area contributed by atoms with E-state index in [2.05, 4.69) is 50.4 Å². The summed E-state index contributed by atoms with van der Waals surface area (Å²) in [5.41, 5.74) is 4.04. The number of Topliss-reactive ketones (excluding diaryl/α,β-unsaturated/α-hetero) is 2. The lowest BCUT2D eigenvalue weighted by atomic mass is 9.93. The Labute approximate surface area is 370 Å². The largest absolute Gasteiger partial charge is 0.448 e. The number of carbonyl (C=O) groups excluding carboxylic acids is 2. The van der Waals surface area contributed by atoms with Gasteiger partial charge in [0.2, 0.25) is 11.8 Å². The summed E-state index contributed by atoms with van der Waals surface area (Å²) in [5.74, 6) is -0.633. The highest BCUT2D eigenvalue weighted by Crippen LogP contribution is 2.35. The lowest BCUT2D eigenvalue weighted by molar-refractivity contribution is -0.113. The van der Waals surface area contributed by atoms with Crippen LogP contribution in [0.15, 0.2) is 166 Å². The van der Waals surface area contributed by atoms with Crippen molar-refractivity contribution in [2.24, 2.45) is 15.8 Å². The van der Waals surface area contributed by atoms with E-state index in [4.69, 9.17) is 8.83 Å². The van der Waals surface area contributed by atoms with E-state index in [9.17, 15) is 26.4 Å². The number of aryl methyl sites for hydroxylation is 1. The van der Waals surface area contributed by atoms with E-state index in [-0.39, 0.29) is 46.1 Å². The highest BCUT2D eigenvalue weighted by atomic mass is 79.9. The fourth-order valence-electron chi connectivity index (χ4n) is 7.12. The number of hydrogen-bond donors (Lipinski definition) is 2. The molecule has 0 radical (unpaired) electrons. The molecule has 2 aliphatic heterocycles. The molecule has 19 heteroatoms. The molecule has 2 atom stereocenters. The molecule has 320 valence electrons. The number of halogens is 1. The minimum atomic E-state index is -4.05. The molecule has 4 aromatic carbocycles. The molecule has 9 rings (SSSR count). The van der Waals surface area contributed by atoms with E-state index in [1.165, 1.54) is 24.7 Å². The third kappa shape index (κ3) is 9.80. The predicted octanol–water partition coefficient (Wildman–Crippen LogP) is 7.90. The highest BCUT2D eigenvalue weighted by molar-refractivity contribution is 9.10. The van der Waals surface area contributed by atoms with Crippen molar-refractivity contribution in [1.29, 1.82) is 0 Å². The van der Waals surface area contributed by atoms with Crippen LogP contribution in [0.25, 0.3) is 11.1 Å². The fourth-order valence-corrected chi connectivity index (χ4v) is 9.95. The molecule has 16 nitrogen and oxygen atoms in total. The number of benzene rings is 4. The maximum atomic E-state index is 13.0. The highest BCUT2D eigenvalue weighted by Gasteiger charge is 2.31. The van der Waals surface area contributed by atoms with Gasteiger partial charge in [-0.05, 0) is 59.9 Å². The summed E-state index contributed by atoms with van der Waals surface area (Å²) >= 11 is 3.25. The average Bonchev–Trinajstić information content (AvgIpc) is 4.10. The Morgan fingerprint density at radius 3 is 1.62 bits per heavy atom. The van der Waals surface area contributed by atoms with Gasteiger partial charge in [0.15, 0.2) is 23.2 Å². The molecule has 63 heavy (non-hydrogen) atoms. The van der Waals surface area contributed by atoms with Gasteiger partial charge in [0.25, 0.3) is 20.0 Å². The second-order valence-corrected chi connectivity index (χ2v) is 18.5. The second kappa shape index (κ2) is 18.3. The summed E-state index contributed by atoms with van der Waals surface area (Å²) in [6, 6.07) is 28.9. The van der Waals surface area contributed by atoms with E-state index in [1.54, 1.807) is 60.8 Å². The topological polar surface area (TPSA) is 221 Å². The van der Waals surface area contributed by atoms with Crippen LogP contribution in [0.4, 0.5) is 11.4 Å². The molecule has 0 amide bonds. The quantitative estimate of drug-likeness (QED) is 0.112. The number of hydrogen-bond acceptors (Lipinski definition) is 13. The first-order chi connectivity index (χ1) is 30.3. The van der Waals surface area contributed by atoms with Gasteiger partial charge in [-0.2, -0.15) is 21.9 Å². The van der Waals surface area contributed by atoms with Gasteiger partial charge < -0.3 is 19.5 Å². The van der Waals surface area contributed by atoms with Crippen molar-refractivity contribution >= 4 is 70.6 Å². The monoisotopic (exact) mass is 948 g/mol. The Morgan fingerprint density at radius 1 is 0.667 bits per heavy atom. The van der Waals surface area contributed by atoms with Gasteiger partial charge in [-0.3, -0.25) is 14.3 Å². The van der Waals surface area contributed by atoms with Crippen molar-refractivity contribution in [1.82, 2.24) is 19.7 Å². The zero-order chi connectivity index (χ0) is 44.1. The molecule has 0 saturated carbocycles. The maximum absolute atomic E-state index is 13.0. The summed E-state index contributed by atoms with van der Waals surface area (Å²) in [7, 11) is -6.21. The SMILES string of the molecule is Cn1cc(-c2ccc3c(c2)S(=O)(=O)N=C(C(=O)CCC(c2ccccc2)c2ncco2)N3)cn1.O=C(CCC(c1ccccc1)c1ncco1)C1=NS(=O)(=O)c2cc(Br)ccc2N1. The van der Waals surface area contributed by atoms with Crippen molar-refractivity contribution < 1.29 is 35.3 Å². The molecule has 5 heterocycles. The van der Waals surface area contributed by atoms with Gasteiger partial charge in [-0.25, -0.2) is 9.97 Å². The minimum absolute atomic E-state index is 0.0207. The number of sulfonamides is 2. The van der Waals surface area contributed by atoms with Crippen molar-refractivity contribution in [3.05, 3.63) is 162 Å². The predicted molar refractivity (Wildman–Crippen MR) is 237 cm³/mol. The summed E-state index contributed by atoms with van der Waals surface area (Å²) < 4.78 is 71.4. The van der Waals surface area contributed by atoms with Gasteiger partial charge in [0, 0.05) is 36.1 Å². The Bertz CT molecular complexity index is 3070. The number of oxazole rings is 2. The summed E-state index contributed by atoms with van der Waals surface area (Å²) in [5, 5.41) is 9.85. The Hall–Kier alpha value is -6.83. The van der Waals surface area contributed by atoms with Gasteiger partial charge >= 0.3 is 0 Å². The summed E-state index contributed by atoms with van der Waals surface area (Å²) in [6.45, 7) is 0. The Kier molecular flexibility index (Phi) is 12.4. The lowest BCUT2D eigenvalue weighted by Crippen LogP contribution is -2.29. The van der Waals surface area contributed by atoms with Crippen molar-refractivity contribution in [3.8, 4) is 11.1 Å². The van der Waals surface area contributed by atoms with Crippen LogP contribution < -0.4 is 10.6 Å². The van der Waals surface area contributed by atoms with Gasteiger partial charge in [0.05, 0.1) is 41.8 Å². The number of amidine groups is 2. The van der Waals surface area contributed by atoms with Gasteiger partial charge in [0.1, 0.15) is 22.3 Å². The van der Waals surface area contributed by atoms with E-state index < -0.39 is 31.6 Å². The normalized spacial score (nSPS) is 15.4. The van der Waals surface area contributed by atoms with Gasteiger partial charge in [-0.15, -0.1) is 8.80 Å². The van der Waals surface area contributed by atoms with Crippen molar-refractivity contribution in [2.45, 2.75) is 47.3 Å². The first kappa shape index (κ1) is 42.8. The molecule has 2 aliphatic rings. The Morgan fingerprint density at radius 2 is 1.16 bits per heavy atom. The van der Waals surface area contributed by atoms with Crippen LogP contribution in [0, 0.1) is 0 Å². The first-order valence-corrected chi connectivity index (χ1v) is 23.1. The van der Waals surface area contributed by atoms with Crippen LogP contribution in [-0.4, -0.2) is 59.8 Å². The average molecular weight is 950 g/mol. The van der Waals surface area contributed by atoms with Crippen LogP contribution in [0.2, 0.25) is 0 Å². The fraction of sp³-hybridized carbons (Fsp3) is 0.159. The molecule has 0 bridgehead atoms. The molecule has 0 aliphatic carbocycles. The zero-order valence-electron chi connectivity index (χ0n) is 33.3. The zero-order valence-corrected chi connectivity index (χ0v) is 36.5. The minimum Gasteiger partial charge on any atom is -0.448 e. The van der Waals surface area contributed by atoms with Crippen molar-refractivity contribution in [2.75, 3.05) is 10.6 Å². The van der Waals surface area contributed by atoms with E-state index in [0.29, 0.717) is 46.0 Å². The third-order valence-corrected chi connectivity index (χ3v) is 13.3. The van der Waals surface area contributed by atoms with Crippen LogP contribution in [0.3, 0.4) is 0 Å². The number of ketones is 2. The number of fused-ring (bicyclic) bond motifs is 2. The van der Waals surface area contributed by atoms with E-state index in [1.807, 2.05) is 60.7 Å². The molecule has 0 saturated heterocycles. The molecular weight excluding hydrogens is 913 g/mol. The van der Waals surface area contributed by atoms with Crippen molar-refractivity contribution in [3.63, 3.8) is 0 Å². The molecule has 7 aromatic rings. The summed E-state index contributed by atoms with van der Waals surface area (Å²) in [6.07, 6.45) is 10.5.